The molecular weight excluding hydrogens is 234 g/mol. The number of carboxylic acid groups (broad SMARTS) is 1. The van der Waals surface area contributed by atoms with Crippen molar-refractivity contribution in [3.8, 4) is 0 Å². The van der Waals surface area contributed by atoms with Crippen molar-refractivity contribution in [2.45, 2.75) is 13.0 Å². The molecule has 0 aliphatic heterocycles. The van der Waals surface area contributed by atoms with Crippen molar-refractivity contribution in [1.29, 1.82) is 0 Å². The molecule has 0 aliphatic carbocycles. The van der Waals surface area contributed by atoms with Gasteiger partial charge in [-0.25, -0.2) is 9.78 Å². The molecule has 94 valence electrons. The topological polar surface area (TPSA) is 77.1 Å². The molecule has 18 heavy (non-hydrogen) atoms. The van der Waals surface area contributed by atoms with Crippen molar-refractivity contribution in [3.05, 3.63) is 52.5 Å². The molecule has 0 amide bonds. The first kappa shape index (κ1) is 12.1. The minimum Gasteiger partial charge on any atom is -0.477 e. The van der Waals surface area contributed by atoms with Crippen molar-refractivity contribution in [3.63, 3.8) is 0 Å². The predicted molar refractivity (Wildman–Crippen MR) is 64.6 cm³/mol. The van der Waals surface area contributed by atoms with Gasteiger partial charge >= 0.3 is 5.97 Å². The van der Waals surface area contributed by atoms with Gasteiger partial charge in [0.05, 0.1) is 0 Å². The van der Waals surface area contributed by atoms with Crippen LogP contribution < -0.4 is 5.56 Å². The Bertz CT molecular complexity index is 627. The van der Waals surface area contributed by atoms with Crippen molar-refractivity contribution < 1.29 is 9.90 Å². The number of imidazole rings is 1. The Kier molecular flexibility index (Phi) is 3.27. The van der Waals surface area contributed by atoms with Gasteiger partial charge in [-0.15, -0.1) is 0 Å². The number of carbonyl (C=O) groups is 1. The zero-order chi connectivity index (χ0) is 13.1. The van der Waals surface area contributed by atoms with Crippen molar-refractivity contribution in [2.24, 2.45) is 7.05 Å². The summed E-state index contributed by atoms with van der Waals surface area (Å²) in [6.07, 6.45) is 5.67. The molecule has 1 N–H and O–H groups in total. The Hall–Kier alpha value is -2.37. The van der Waals surface area contributed by atoms with Crippen LogP contribution in [0.4, 0.5) is 0 Å². The highest BCUT2D eigenvalue weighted by atomic mass is 16.4. The van der Waals surface area contributed by atoms with Crippen LogP contribution in [0.5, 0.6) is 0 Å². The van der Waals surface area contributed by atoms with E-state index in [1.54, 1.807) is 18.5 Å². The summed E-state index contributed by atoms with van der Waals surface area (Å²) < 4.78 is 3.25. The molecule has 2 heterocycles. The number of hydrogen-bond donors (Lipinski definition) is 1. The second kappa shape index (κ2) is 4.87. The average Bonchev–Trinajstić information content (AvgIpc) is 2.73. The second-order valence-electron chi connectivity index (χ2n) is 3.93. The standard InChI is InChI=1S/C12H13N3O3/c1-14-8-5-13-10(14)4-7-15-6-2-3-9(11(15)16)12(17)18/h2-3,5-6,8H,4,7H2,1H3,(H,17,18). The third-order valence-electron chi connectivity index (χ3n) is 2.75. The monoisotopic (exact) mass is 247 g/mol. The van der Waals surface area contributed by atoms with E-state index in [4.69, 9.17) is 5.11 Å². The van der Waals surface area contributed by atoms with Crippen LogP contribution in [0.15, 0.2) is 35.5 Å². The maximum Gasteiger partial charge on any atom is 0.341 e. The van der Waals surface area contributed by atoms with E-state index in [-0.39, 0.29) is 5.56 Å². The number of carboxylic acids is 1. The predicted octanol–water partition coefficient (Wildman–Crippen LogP) is 0.523. The molecule has 2 aromatic rings. The lowest BCUT2D eigenvalue weighted by Crippen LogP contribution is -2.26. The number of pyridine rings is 1. The summed E-state index contributed by atoms with van der Waals surface area (Å²) in [7, 11) is 1.87. The van der Waals surface area contributed by atoms with Gasteiger partial charge in [0.25, 0.3) is 5.56 Å². The summed E-state index contributed by atoms with van der Waals surface area (Å²) in [5.74, 6) is -0.353. The molecule has 0 saturated carbocycles. The van der Waals surface area contributed by atoms with E-state index >= 15 is 0 Å². The first-order chi connectivity index (χ1) is 8.59. The number of nitrogens with zero attached hydrogens (tertiary/aromatic N) is 3. The molecule has 0 atom stereocenters. The van der Waals surface area contributed by atoms with E-state index in [1.165, 1.54) is 10.6 Å². The highest BCUT2D eigenvalue weighted by Gasteiger charge is 2.10. The van der Waals surface area contributed by atoms with Crippen LogP contribution in [0, 0.1) is 0 Å². The molecule has 6 heteroatoms. The van der Waals surface area contributed by atoms with Crippen LogP contribution >= 0.6 is 0 Å². The van der Waals surface area contributed by atoms with Gasteiger partial charge in [-0.2, -0.15) is 0 Å². The molecule has 2 aromatic heterocycles. The van der Waals surface area contributed by atoms with Crippen LogP contribution in [0.3, 0.4) is 0 Å². The Morgan fingerprint density at radius 2 is 2.22 bits per heavy atom. The van der Waals surface area contributed by atoms with E-state index < -0.39 is 11.5 Å². The van der Waals surface area contributed by atoms with Gasteiger partial charge in [0.1, 0.15) is 11.4 Å². The number of aryl methyl sites for hydroxylation is 3. The summed E-state index contributed by atoms with van der Waals surface area (Å²) in [5, 5.41) is 8.86. The van der Waals surface area contributed by atoms with Gasteiger partial charge in [-0.3, -0.25) is 4.79 Å². The summed E-state index contributed by atoms with van der Waals surface area (Å²) in [4.78, 5) is 26.8. The summed E-state index contributed by atoms with van der Waals surface area (Å²) >= 11 is 0. The van der Waals surface area contributed by atoms with Crippen molar-refractivity contribution in [1.82, 2.24) is 14.1 Å². The minimum atomic E-state index is -1.20. The maximum absolute atomic E-state index is 11.8. The molecule has 0 bridgehead atoms. The Morgan fingerprint density at radius 1 is 1.44 bits per heavy atom. The first-order valence-corrected chi connectivity index (χ1v) is 5.48. The third-order valence-corrected chi connectivity index (χ3v) is 2.75. The van der Waals surface area contributed by atoms with E-state index in [9.17, 15) is 9.59 Å². The fraction of sp³-hybridized carbons (Fsp3) is 0.250. The summed E-state index contributed by atoms with van der Waals surface area (Å²) in [6, 6.07) is 2.87. The lowest BCUT2D eigenvalue weighted by atomic mass is 10.2. The quantitative estimate of drug-likeness (QED) is 0.854. The molecular formula is C12H13N3O3. The van der Waals surface area contributed by atoms with Gasteiger partial charge < -0.3 is 14.2 Å². The van der Waals surface area contributed by atoms with E-state index in [2.05, 4.69) is 4.98 Å². The highest BCUT2D eigenvalue weighted by molar-refractivity contribution is 5.86. The zero-order valence-corrected chi connectivity index (χ0v) is 9.91. The number of rotatable bonds is 4. The van der Waals surface area contributed by atoms with E-state index in [1.807, 2.05) is 17.8 Å². The average molecular weight is 247 g/mol. The smallest absolute Gasteiger partial charge is 0.341 e. The SMILES string of the molecule is Cn1ccnc1CCn1cccc(C(=O)O)c1=O. The van der Waals surface area contributed by atoms with Crippen LogP contribution in [-0.2, 0) is 20.0 Å². The largest absolute Gasteiger partial charge is 0.477 e. The van der Waals surface area contributed by atoms with Gasteiger partial charge in [0.2, 0.25) is 0 Å². The number of aromatic carboxylic acids is 1. The van der Waals surface area contributed by atoms with Crippen LogP contribution in [0.25, 0.3) is 0 Å². The lowest BCUT2D eigenvalue weighted by molar-refractivity contribution is 0.0694. The molecule has 6 nitrogen and oxygen atoms in total. The van der Waals surface area contributed by atoms with Crippen molar-refractivity contribution in [2.75, 3.05) is 0 Å². The fourth-order valence-electron chi connectivity index (χ4n) is 1.73. The molecule has 0 saturated heterocycles. The highest BCUT2D eigenvalue weighted by Crippen LogP contribution is 1.98. The molecule has 0 spiro atoms. The molecule has 0 radical (unpaired) electrons. The van der Waals surface area contributed by atoms with Gasteiger partial charge in [0.15, 0.2) is 0 Å². The molecule has 0 aliphatic rings. The van der Waals surface area contributed by atoms with Gasteiger partial charge in [0, 0.05) is 38.6 Å². The third kappa shape index (κ3) is 2.32. The van der Waals surface area contributed by atoms with E-state index in [0.717, 1.165) is 5.82 Å². The molecule has 0 unspecified atom stereocenters. The normalized spacial score (nSPS) is 10.5. The fourth-order valence-corrected chi connectivity index (χ4v) is 1.73. The Labute approximate surface area is 103 Å². The molecule has 2 rings (SSSR count). The maximum atomic E-state index is 11.8. The summed E-state index contributed by atoms with van der Waals surface area (Å²) in [6.45, 7) is 0.408. The minimum absolute atomic E-state index is 0.211. The Balaban J connectivity index is 2.20. The van der Waals surface area contributed by atoms with Gasteiger partial charge in [-0.05, 0) is 12.1 Å². The van der Waals surface area contributed by atoms with E-state index in [0.29, 0.717) is 13.0 Å². The van der Waals surface area contributed by atoms with Crippen LogP contribution in [0.1, 0.15) is 16.2 Å². The molecule has 0 aromatic carbocycles. The Morgan fingerprint density at radius 3 is 2.83 bits per heavy atom. The van der Waals surface area contributed by atoms with Gasteiger partial charge in [-0.1, -0.05) is 0 Å². The summed E-state index contributed by atoms with van der Waals surface area (Å²) in [5.41, 5.74) is -0.698. The van der Waals surface area contributed by atoms with Crippen LogP contribution in [0.2, 0.25) is 0 Å². The molecule has 0 fully saturated rings. The number of hydrogen-bond acceptors (Lipinski definition) is 3. The zero-order valence-electron chi connectivity index (χ0n) is 9.91. The first-order valence-electron chi connectivity index (χ1n) is 5.48. The number of aromatic nitrogens is 3. The van der Waals surface area contributed by atoms with Crippen molar-refractivity contribution >= 4 is 5.97 Å². The van der Waals surface area contributed by atoms with Crippen LogP contribution in [-0.4, -0.2) is 25.2 Å². The second-order valence-corrected chi connectivity index (χ2v) is 3.93. The lowest BCUT2D eigenvalue weighted by Gasteiger charge is -2.06.